The summed E-state index contributed by atoms with van der Waals surface area (Å²) in [5.74, 6) is -0.248. The first-order valence-corrected chi connectivity index (χ1v) is 8.32. The van der Waals surface area contributed by atoms with Crippen molar-refractivity contribution in [3.05, 3.63) is 22.4 Å². The summed E-state index contributed by atoms with van der Waals surface area (Å²) in [5.41, 5.74) is 5.01. The molecule has 0 saturated carbocycles. The van der Waals surface area contributed by atoms with Gasteiger partial charge >= 0.3 is 5.97 Å². The van der Waals surface area contributed by atoms with Gasteiger partial charge in [0.1, 0.15) is 0 Å². The molecule has 3 N–H and O–H groups in total. The quantitative estimate of drug-likeness (QED) is 0.521. The molecule has 0 aliphatic rings. The number of hydrogen-bond donors (Lipinski definition) is 2. The van der Waals surface area contributed by atoms with Crippen LogP contribution < -0.4 is 11.1 Å². The van der Waals surface area contributed by atoms with Crippen molar-refractivity contribution >= 4 is 40.9 Å². The predicted molar refractivity (Wildman–Crippen MR) is 83.0 cm³/mol. The molecule has 0 saturated heterocycles. The predicted octanol–water partition coefficient (Wildman–Crippen LogP) is 1.08. The first-order chi connectivity index (χ1) is 10.0. The van der Waals surface area contributed by atoms with Crippen molar-refractivity contribution in [2.45, 2.75) is 18.9 Å². The van der Waals surface area contributed by atoms with Gasteiger partial charge in [-0.1, -0.05) is 6.07 Å². The summed E-state index contributed by atoms with van der Waals surface area (Å²) in [6.07, 6.45) is 0.359. The second-order valence-corrected chi connectivity index (χ2v) is 6.27. The molecule has 0 aromatic carbocycles. The first kappa shape index (κ1) is 17.5. The van der Waals surface area contributed by atoms with E-state index in [1.165, 1.54) is 30.2 Å². The van der Waals surface area contributed by atoms with Gasteiger partial charge in [-0.05, 0) is 11.4 Å². The minimum absolute atomic E-state index is 0.0944. The number of hydrogen-bond acceptors (Lipinski definition) is 6. The molecule has 1 heterocycles. The van der Waals surface area contributed by atoms with Crippen molar-refractivity contribution in [1.29, 1.82) is 0 Å². The van der Waals surface area contributed by atoms with E-state index in [1.807, 2.05) is 17.5 Å². The summed E-state index contributed by atoms with van der Waals surface area (Å²) in [7, 11) is 1.32. The second kappa shape index (κ2) is 9.41. The van der Waals surface area contributed by atoms with E-state index in [-0.39, 0.29) is 36.5 Å². The lowest BCUT2D eigenvalue weighted by Crippen LogP contribution is -2.30. The van der Waals surface area contributed by atoms with Gasteiger partial charge in [0.15, 0.2) is 0 Å². The van der Waals surface area contributed by atoms with Crippen LogP contribution in [0.15, 0.2) is 17.5 Å². The van der Waals surface area contributed by atoms with Crippen LogP contribution in [0.4, 0.5) is 0 Å². The molecule has 0 aliphatic heterocycles. The monoisotopic (exact) mass is 330 g/mol. The molecule has 0 bridgehead atoms. The molecule has 0 spiro atoms. The lowest BCUT2D eigenvalue weighted by Gasteiger charge is -2.16. The highest BCUT2D eigenvalue weighted by Gasteiger charge is 2.19. The Morgan fingerprint density at radius 1 is 1.48 bits per heavy atom. The lowest BCUT2D eigenvalue weighted by atomic mass is 10.1. The van der Waals surface area contributed by atoms with E-state index in [0.29, 0.717) is 5.75 Å². The number of primary amides is 1. The van der Waals surface area contributed by atoms with Gasteiger partial charge in [-0.15, -0.1) is 11.3 Å². The van der Waals surface area contributed by atoms with Gasteiger partial charge in [0.05, 0.1) is 25.3 Å². The van der Waals surface area contributed by atoms with Crippen LogP contribution in [-0.2, 0) is 19.1 Å². The Kier molecular flexibility index (Phi) is 7.84. The minimum Gasteiger partial charge on any atom is -0.469 e. The summed E-state index contributed by atoms with van der Waals surface area (Å²) in [6, 6.07) is 3.34. The number of esters is 1. The Bertz CT molecular complexity index is 477. The molecule has 1 unspecified atom stereocenters. The third kappa shape index (κ3) is 7.14. The number of carbonyl (C=O) groups excluding carboxylic acids is 3. The summed E-state index contributed by atoms with van der Waals surface area (Å²) in [5, 5.41) is 4.70. The van der Waals surface area contributed by atoms with E-state index >= 15 is 0 Å². The average molecular weight is 330 g/mol. The zero-order chi connectivity index (χ0) is 15.7. The molecule has 2 amide bonds. The molecule has 116 valence electrons. The van der Waals surface area contributed by atoms with Crippen molar-refractivity contribution in [2.75, 3.05) is 18.6 Å². The Labute approximate surface area is 131 Å². The summed E-state index contributed by atoms with van der Waals surface area (Å²) < 4.78 is 4.64. The molecule has 0 radical (unpaired) electrons. The maximum atomic E-state index is 11.9. The zero-order valence-electron chi connectivity index (χ0n) is 11.7. The van der Waals surface area contributed by atoms with Crippen LogP contribution in [0.1, 0.15) is 23.8 Å². The van der Waals surface area contributed by atoms with Crippen molar-refractivity contribution in [3.8, 4) is 0 Å². The van der Waals surface area contributed by atoms with E-state index in [1.54, 1.807) is 0 Å². The van der Waals surface area contributed by atoms with Crippen molar-refractivity contribution < 1.29 is 19.1 Å². The average Bonchev–Trinajstić information content (AvgIpc) is 2.96. The Morgan fingerprint density at radius 3 is 2.81 bits per heavy atom. The number of rotatable bonds is 9. The molecule has 1 atom stereocenters. The minimum atomic E-state index is -0.400. The molecular weight excluding hydrogens is 312 g/mol. The van der Waals surface area contributed by atoms with Crippen LogP contribution in [0.2, 0.25) is 0 Å². The number of methoxy groups -OCH3 is 1. The third-order valence-corrected chi connectivity index (χ3v) is 4.51. The molecule has 0 aliphatic carbocycles. The highest BCUT2D eigenvalue weighted by Crippen LogP contribution is 2.22. The van der Waals surface area contributed by atoms with Crippen molar-refractivity contribution in [2.24, 2.45) is 5.73 Å². The fourth-order valence-electron chi connectivity index (χ4n) is 1.57. The second-order valence-electron chi connectivity index (χ2n) is 4.18. The maximum Gasteiger partial charge on any atom is 0.307 e. The van der Waals surface area contributed by atoms with E-state index in [9.17, 15) is 14.4 Å². The Balaban J connectivity index is 2.46. The van der Waals surface area contributed by atoms with E-state index in [0.717, 1.165) is 4.88 Å². The van der Waals surface area contributed by atoms with Crippen molar-refractivity contribution in [1.82, 2.24) is 5.32 Å². The number of carbonyl (C=O) groups is 3. The standard InChI is InChI=1S/C13H18N2O4S2/c1-19-13(18)7-9(10-3-2-5-21-10)15-12(17)4-6-20-8-11(14)16/h2-3,5,9H,4,6-8H2,1H3,(H2,14,16)(H,15,17). The van der Waals surface area contributed by atoms with Crippen LogP contribution >= 0.6 is 23.1 Å². The highest BCUT2D eigenvalue weighted by atomic mass is 32.2. The zero-order valence-corrected chi connectivity index (χ0v) is 13.3. The fraction of sp³-hybridized carbons (Fsp3) is 0.462. The van der Waals surface area contributed by atoms with Gasteiger partial charge < -0.3 is 15.8 Å². The smallest absolute Gasteiger partial charge is 0.307 e. The van der Waals surface area contributed by atoms with Crippen LogP contribution in [0.5, 0.6) is 0 Å². The Hall–Kier alpha value is -1.54. The van der Waals surface area contributed by atoms with Gasteiger partial charge in [0.25, 0.3) is 0 Å². The SMILES string of the molecule is COC(=O)CC(NC(=O)CCSCC(N)=O)c1cccs1. The van der Waals surface area contributed by atoms with Gasteiger partial charge in [-0.3, -0.25) is 14.4 Å². The van der Waals surface area contributed by atoms with E-state index in [2.05, 4.69) is 10.1 Å². The van der Waals surface area contributed by atoms with Gasteiger partial charge in [-0.2, -0.15) is 11.8 Å². The van der Waals surface area contributed by atoms with E-state index in [4.69, 9.17) is 5.73 Å². The first-order valence-electron chi connectivity index (χ1n) is 6.28. The fourth-order valence-corrected chi connectivity index (χ4v) is 3.02. The van der Waals surface area contributed by atoms with Crippen LogP contribution in [0.3, 0.4) is 0 Å². The van der Waals surface area contributed by atoms with Gasteiger partial charge in [0.2, 0.25) is 11.8 Å². The molecular formula is C13H18N2O4S2. The molecule has 8 heteroatoms. The van der Waals surface area contributed by atoms with Gasteiger partial charge in [0, 0.05) is 17.1 Å². The van der Waals surface area contributed by atoms with Crippen molar-refractivity contribution in [3.63, 3.8) is 0 Å². The highest BCUT2D eigenvalue weighted by molar-refractivity contribution is 7.99. The topological polar surface area (TPSA) is 98.5 Å². The third-order valence-electron chi connectivity index (χ3n) is 2.54. The molecule has 1 aromatic rings. The number of ether oxygens (including phenoxy) is 1. The normalized spacial score (nSPS) is 11.7. The number of nitrogens with two attached hydrogens (primary N) is 1. The molecule has 6 nitrogen and oxygen atoms in total. The van der Waals surface area contributed by atoms with Crippen LogP contribution in [0.25, 0.3) is 0 Å². The van der Waals surface area contributed by atoms with Crippen LogP contribution in [0, 0.1) is 0 Å². The number of amides is 2. The summed E-state index contributed by atoms with van der Waals surface area (Å²) >= 11 is 2.78. The molecule has 1 aromatic heterocycles. The maximum absolute atomic E-state index is 11.9. The number of nitrogens with one attached hydrogen (secondary N) is 1. The summed E-state index contributed by atoms with van der Waals surface area (Å²) in [4.78, 5) is 34.8. The molecule has 21 heavy (non-hydrogen) atoms. The van der Waals surface area contributed by atoms with Crippen LogP contribution in [-0.4, -0.2) is 36.4 Å². The molecule has 0 fully saturated rings. The lowest BCUT2D eigenvalue weighted by molar-refractivity contribution is -0.141. The Morgan fingerprint density at radius 2 is 2.24 bits per heavy atom. The van der Waals surface area contributed by atoms with E-state index < -0.39 is 5.91 Å². The number of thiophene rings is 1. The van der Waals surface area contributed by atoms with Gasteiger partial charge in [-0.25, -0.2) is 0 Å². The number of thioether (sulfide) groups is 1. The largest absolute Gasteiger partial charge is 0.469 e. The molecule has 1 rings (SSSR count). The summed E-state index contributed by atoms with van der Waals surface area (Å²) in [6.45, 7) is 0.